The molecule has 0 fully saturated rings. The van der Waals surface area contributed by atoms with Crippen molar-refractivity contribution in [2.45, 2.75) is 26.2 Å². The van der Waals surface area contributed by atoms with Gasteiger partial charge in [-0.15, -0.1) is 11.3 Å². The molecule has 0 N–H and O–H groups in total. The first-order valence-electron chi connectivity index (χ1n) is 7.29. The number of esters is 2. The summed E-state index contributed by atoms with van der Waals surface area (Å²) >= 11 is 1.35. The van der Waals surface area contributed by atoms with E-state index in [2.05, 4.69) is 4.98 Å². The SMILES string of the molecule is CCOC(=O)c1csc(C(C)(C)COC(=O)c2ccccc2)n1. The summed E-state index contributed by atoms with van der Waals surface area (Å²) in [6, 6.07) is 8.82. The quantitative estimate of drug-likeness (QED) is 0.758. The number of thiazole rings is 1. The lowest BCUT2D eigenvalue weighted by Crippen LogP contribution is -2.26. The monoisotopic (exact) mass is 333 g/mol. The molecule has 0 spiro atoms. The molecule has 5 nitrogen and oxygen atoms in total. The zero-order valence-electron chi connectivity index (χ0n) is 13.4. The van der Waals surface area contributed by atoms with Crippen LogP contribution in [0, 0.1) is 0 Å². The first-order chi connectivity index (χ1) is 10.9. The second kappa shape index (κ2) is 7.37. The number of hydrogen-bond donors (Lipinski definition) is 0. The minimum atomic E-state index is -0.486. The van der Waals surface area contributed by atoms with Gasteiger partial charge in [-0.3, -0.25) is 0 Å². The number of aromatic nitrogens is 1. The van der Waals surface area contributed by atoms with Crippen molar-refractivity contribution in [3.63, 3.8) is 0 Å². The molecule has 1 aromatic heterocycles. The van der Waals surface area contributed by atoms with E-state index in [0.717, 1.165) is 5.01 Å². The molecule has 0 unspecified atom stereocenters. The summed E-state index contributed by atoms with van der Waals surface area (Å²) in [4.78, 5) is 28.0. The second-order valence-corrected chi connectivity index (χ2v) is 6.44. The molecule has 6 heteroatoms. The van der Waals surface area contributed by atoms with Crippen LogP contribution in [0.4, 0.5) is 0 Å². The van der Waals surface area contributed by atoms with Crippen molar-refractivity contribution in [1.29, 1.82) is 0 Å². The second-order valence-electron chi connectivity index (χ2n) is 5.58. The van der Waals surface area contributed by atoms with Crippen LogP contribution in [0.1, 0.15) is 46.6 Å². The highest BCUT2D eigenvalue weighted by Crippen LogP contribution is 2.27. The average molecular weight is 333 g/mol. The predicted octanol–water partition coefficient (Wildman–Crippen LogP) is 3.45. The molecule has 0 bridgehead atoms. The highest BCUT2D eigenvalue weighted by Gasteiger charge is 2.28. The van der Waals surface area contributed by atoms with Crippen LogP contribution in [-0.4, -0.2) is 30.1 Å². The molecule has 0 saturated heterocycles. The van der Waals surface area contributed by atoms with Crippen LogP contribution in [0.5, 0.6) is 0 Å². The van der Waals surface area contributed by atoms with Gasteiger partial charge in [-0.1, -0.05) is 32.0 Å². The Balaban J connectivity index is 2.01. The maximum Gasteiger partial charge on any atom is 0.357 e. The molecule has 0 aliphatic heterocycles. The lowest BCUT2D eigenvalue weighted by molar-refractivity contribution is 0.0423. The normalized spacial score (nSPS) is 11.1. The van der Waals surface area contributed by atoms with Crippen LogP contribution in [0.3, 0.4) is 0 Å². The Bertz CT molecular complexity index is 679. The van der Waals surface area contributed by atoms with Crippen molar-refractivity contribution in [2.24, 2.45) is 0 Å². The Labute approximate surface area is 139 Å². The summed E-state index contributed by atoms with van der Waals surface area (Å²) < 4.78 is 10.3. The molecule has 122 valence electrons. The third-order valence-electron chi connectivity index (χ3n) is 3.14. The van der Waals surface area contributed by atoms with E-state index in [0.29, 0.717) is 12.2 Å². The molecule has 1 heterocycles. The molecule has 0 radical (unpaired) electrons. The maximum absolute atomic E-state index is 12.0. The summed E-state index contributed by atoms with van der Waals surface area (Å²) in [7, 11) is 0. The highest BCUT2D eigenvalue weighted by molar-refractivity contribution is 7.10. The largest absolute Gasteiger partial charge is 0.461 e. The molecule has 23 heavy (non-hydrogen) atoms. The Morgan fingerprint density at radius 3 is 2.48 bits per heavy atom. The van der Waals surface area contributed by atoms with E-state index in [1.165, 1.54) is 11.3 Å². The minimum Gasteiger partial charge on any atom is -0.461 e. The smallest absolute Gasteiger partial charge is 0.357 e. The lowest BCUT2D eigenvalue weighted by Gasteiger charge is -2.21. The Kier molecular flexibility index (Phi) is 5.50. The first-order valence-corrected chi connectivity index (χ1v) is 8.17. The Morgan fingerprint density at radius 2 is 1.83 bits per heavy atom. The maximum atomic E-state index is 12.0. The van der Waals surface area contributed by atoms with Gasteiger partial charge in [-0.2, -0.15) is 0 Å². The van der Waals surface area contributed by atoms with Crippen LogP contribution in [0.15, 0.2) is 35.7 Å². The van der Waals surface area contributed by atoms with Gasteiger partial charge in [0.05, 0.1) is 17.6 Å². The van der Waals surface area contributed by atoms with Crippen LogP contribution in [-0.2, 0) is 14.9 Å². The van der Waals surface area contributed by atoms with Gasteiger partial charge in [0.1, 0.15) is 11.6 Å². The van der Waals surface area contributed by atoms with E-state index in [-0.39, 0.29) is 18.3 Å². The molecule has 2 aromatic rings. The summed E-state index contributed by atoms with van der Waals surface area (Å²) in [6.45, 7) is 6.07. The number of carbonyl (C=O) groups excluding carboxylic acids is 2. The number of rotatable bonds is 6. The van der Waals surface area contributed by atoms with Crippen LogP contribution >= 0.6 is 11.3 Å². The molecule has 1 aromatic carbocycles. The summed E-state index contributed by atoms with van der Waals surface area (Å²) in [5, 5.41) is 2.38. The molecular weight excluding hydrogens is 314 g/mol. The fraction of sp³-hybridized carbons (Fsp3) is 0.353. The average Bonchev–Trinajstić information content (AvgIpc) is 3.05. The van der Waals surface area contributed by atoms with Gasteiger partial charge in [0.15, 0.2) is 5.69 Å². The number of benzene rings is 1. The number of hydrogen-bond acceptors (Lipinski definition) is 6. The molecule has 0 saturated carbocycles. The van der Waals surface area contributed by atoms with E-state index in [4.69, 9.17) is 9.47 Å². The van der Waals surface area contributed by atoms with Crippen LogP contribution in [0.2, 0.25) is 0 Å². The van der Waals surface area contributed by atoms with Gasteiger partial charge >= 0.3 is 11.9 Å². The third-order valence-corrected chi connectivity index (χ3v) is 4.35. The third kappa shape index (κ3) is 4.39. The van der Waals surface area contributed by atoms with E-state index in [9.17, 15) is 9.59 Å². The molecule has 2 rings (SSSR count). The Morgan fingerprint density at radius 1 is 1.13 bits per heavy atom. The van der Waals surface area contributed by atoms with Gasteiger partial charge in [-0.05, 0) is 19.1 Å². The topological polar surface area (TPSA) is 65.5 Å². The van der Waals surface area contributed by atoms with Gasteiger partial charge in [0.25, 0.3) is 0 Å². The van der Waals surface area contributed by atoms with E-state index in [1.807, 2.05) is 19.9 Å². The predicted molar refractivity (Wildman–Crippen MR) is 87.8 cm³/mol. The summed E-state index contributed by atoms with van der Waals surface area (Å²) in [6.07, 6.45) is 0. The standard InChI is InChI=1S/C17H19NO4S/c1-4-21-15(20)13-10-23-16(18-13)17(2,3)11-22-14(19)12-8-6-5-7-9-12/h5-10H,4,11H2,1-3H3. The van der Waals surface area contributed by atoms with Crippen molar-refractivity contribution in [3.8, 4) is 0 Å². The molecule has 0 amide bonds. The Hall–Kier alpha value is -2.21. The summed E-state index contributed by atoms with van der Waals surface area (Å²) in [5.41, 5.74) is 0.309. The molecule has 0 atom stereocenters. The molecular formula is C17H19NO4S. The number of ether oxygens (including phenoxy) is 2. The van der Waals surface area contributed by atoms with E-state index in [1.54, 1.807) is 36.6 Å². The van der Waals surface area contributed by atoms with Gasteiger partial charge in [0.2, 0.25) is 0 Å². The van der Waals surface area contributed by atoms with Crippen molar-refractivity contribution < 1.29 is 19.1 Å². The van der Waals surface area contributed by atoms with Crippen molar-refractivity contribution in [1.82, 2.24) is 4.98 Å². The number of carbonyl (C=O) groups is 2. The fourth-order valence-electron chi connectivity index (χ4n) is 1.85. The summed E-state index contributed by atoms with van der Waals surface area (Å²) in [5.74, 6) is -0.812. The fourth-order valence-corrected chi connectivity index (χ4v) is 2.75. The zero-order chi connectivity index (χ0) is 16.9. The van der Waals surface area contributed by atoms with Crippen LogP contribution in [0.25, 0.3) is 0 Å². The molecule has 0 aliphatic rings. The zero-order valence-corrected chi connectivity index (χ0v) is 14.2. The number of nitrogens with zero attached hydrogens (tertiary/aromatic N) is 1. The minimum absolute atomic E-state index is 0.177. The lowest BCUT2D eigenvalue weighted by atomic mass is 9.96. The van der Waals surface area contributed by atoms with Gasteiger partial charge in [-0.25, -0.2) is 14.6 Å². The van der Waals surface area contributed by atoms with Gasteiger partial charge < -0.3 is 9.47 Å². The van der Waals surface area contributed by atoms with Crippen molar-refractivity contribution in [2.75, 3.05) is 13.2 Å². The molecule has 0 aliphatic carbocycles. The van der Waals surface area contributed by atoms with Gasteiger partial charge in [0, 0.05) is 5.38 Å². The van der Waals surface area contributed by atoms with Crippen molar-refractivity contribution >= 4 is 23.3 Å². The highest BCUT2D eigenvalue weighted by atomic mass is 32.1. The van der Waals surface area contributed by atoms with Crippen molar-refractivity contribution in [3.05, 3.63) is 52.0 Å². The van der Waals surface area contributed by atoms with Crippen LogP contribution < -0.4 is 0 Å². The first kappa shape index (κ1) is 17.1. The van der Waals surface area contributed by atoms with E-state index < -0.39 is 11.4 Å². The van der Waals surface area contributed by atoms with E-state index >= 15 is 0 Å².